The number of benzene rings is 1. The molecule has 0 aliphatic rings. The molecular formula is C25H23BrF3N5O4S. The molecule has 0 saturated carbocycles. The lowest BCUT2D eigenvalue weighted by Crippen LogP contribution is -2.28. The predicted molar refractivity (Wildman–Crippen MR) is 142 cm³/mol. The molecule has 0 saturated heterocycles. The molecule has 1 amide bonds. The van der Waals surface area contributed by atoms with Crippen molar-refractivity contribution in [1.29, 1.82) is 0 Å². The van der Waals surface area contributed by atoms with Crippen LogP contribution in [0.15, 0.2) is 64.4 Å². The van der Waals surface area contributed by atoms with Gasteiger partial charge in [0.05, 0.1) is 34.0 Å². The molecule has 206 valence electrons. The van der Waals surface area contributed by atoms with Crippen molar-refractivity contribution in [1.82, 2.24) is 25.3 Å². The quantitative estimate of drug-likeness (QED) is 0.291. The number of rotatable bonds is 6. The van der Waals surface area contributed by atoms with Gasteiger partial charge in [-0.25, -0.2) is 18.4 Å². The number of halogens is 4. The average Bonchev–Trinajstić information content (AvgIpc) is 2.88. The number of fused-ring (bicyclic) bond motifs is 1. The summed E-state index contributed by atoms with van der Waals surface area (Å²) in [4.78, 5) is 30.1. The van der Waals surface area contributed by atoms with Gasteiger partial charge >= 0.3 is 6.36 Å². The van der Waals surface area contributed by atoms with Crippen LogP contribution < -0.4 is 10.1 Å². The zero-order chi connectivity index (χ0) is 29.0. The fraction of sp³-hybridized carbons (Fsp3) is 0.240. The zero-order valence-electron chi connectivity index (χ0n) is 21.1. The number of carbonyl (C=O) groups excluding carboxylic acids is 1. The number of hydrogen-bond donors (Lipinski definition) is 1. The first kappa shape index (κ1) is 29.9. The van der Waals surface area contributed by atoms with Crippen molar-refractivity contribution in [2.75, 3.05) is 6.26 Å². The average molecular weight is 626 g/mol. The first-order valence-corrected chi connectivity index (χ1v) is 14.1. The maximum atomic E-state index is 13.1. The Labute approximate surface area is 230 Å². The van der Waals surface area contributed by atoms with Gasteiger partial charge in [0.1, 0.15) is 17.0 Å². The van der Waals surface area contributed by atoms with Crippen LogP contribution >= 0.6 is 15.9 Å². The van der Waals surface area contributed by atoms with Crippen LogP contribution in [0.1, 0.15) is 42.9 Å². The molecule has 0 fully saturated rings. The van der Waals surface area contributed by atoms with Crippen molar-refractivity contribution in [3.8, 4) is 17.1 Å². The lowest BCUT2D eigenvalue weighted by atomic mass is 10.1. The monoisotopic (exact) mass is 625 g/mol. The van der Waals surface area contributed by atoms with Crippen molar-refractivity contribution in [3.05, 3.63) is 70.7 Å². The van der Waals surface area contributed by atoms with Gasteiger partial charge in [-0.3, -0.25) is 14.8 Å². The van der Waals surface area contributed by atoms with Gasteiger partial charge in [0.2, 0.25) is 0 Å². The first-order chi connectivity index (χ1) is 18.3. The highest BCUT2D eigenvalue weighted by atomic mass is 79.9. The van der Waals surface area contributed by atoms with Gasteiger partial charge in [0, 0.05) is 28.7 Å². The van der Waals surface area contributed by atoms with Crippen LogP contribution in [0, 0.1) is 0 Å². The van der Waals surface area contributed by atoms with E-state index < -0.39 is 38.8 Å². The van der Waals surface area contributed by atoms with E-state index >= 15 is 0 Å². The molecule has 3 aromatic heterocycles. The summed E-state index contributed by atoms with van der Waals surface area (Å²) in [5.41, 5.74) is 1.76. The van der Waals surface area contributed by atoms with Crippen molar-refractivity contribution in [2.24, 2.45) is 0 Å². The van der Waals surface area contributed by atoms with Gasteiger partial charge in [-0.2, -0.15) is 0 Å². The van der Waals surface area contributed by atoms with E-state index in [4.69, 9.17) is 0 Å². The van der Waals surface area contributed by atoms with Gasteiger partial charge in [0.25, 0.3) is 5.91 Å². The van der Waals surface area contributed by atoms with Gasteiger partial charge in [-0.1, -0.05) is 13.8 Å². The second-order valence-electron chi connectivity index (χ2n) is 7.89. The van der Waals surface area contributed by atoms with Crippen LogP contribution in [0.5, 0.6) is 5.75 Å². The van der Waals surface area contributed by atoms with E-state index in [9.17, 15) is 26.4 Å². The maximum Gasteiger partial charge on any atom is 0.573 e. The Morgan fingerprint density at radius 3 is 2.38 bits per heavy atom. The van der Waals surface area contributed by atoms with E-state index in [-0.39, 0.29) is 5.56 Å². The van der Waals surface area contributed by atoms with Crippen LogP contribution in [0.2, 0.25) is 0 Å². The van der Waals surface area contributed by atoms with Crippen LogP contribution in [0.3, 0.4) is 0 Å². The second kappa shape index (κ2) is 12.0. The third kappa shape index (κ3) is 7.69. The number of amides is 1. The molecule has 4 aromatic rings. The highest BCUT2D eigenvalue weighted by Crippen LogP contribution is 2.29. The van der Waals surface area contributed by atoms with Crippen molar-refractivity contribution >= 4 is 42.7 Å². The van der Waals surface area contributed by atoms with Crippen molar-refractivity contribution < 1.29 is 31.1 Å². The number of ether oxygens (including phenoxy) is 1. The minimum absolute atomic E-state index is 0.327. The Hall–Kier alpha value is -3.65. The summed E-state index contributed by atoms with van der Waals surface area (Å²) in [5.74, 6) is -1.69. The molecule has 1 atom stereocenters. The predicted octanol–water partition coefficient (Wildman–Crippen LogP) is 5.67. The minimum Gasteiger partial charge on any atom is -0.406 e. The SMILES string of the molecule is CC.C[C@H](NC(=O)c1cc(OC(F)(F)F)cc(S(C)(=O)=O)c1)c1nc2ccncc2nc1-c1ccc(Br)cn1. The van der Waals surface area contributed by atoms with E-state index in [1.54, 1.807) is 31.3 Å². The van der Waals surface area contributed by atoms with Crippen LogP contribution in [0.25, 0.3) is 22.4 Å². The number of nitrogens with zero attached hydrogens (tertiary/aromatic N) is 4. The molecule has 14 heteroatoms. The summed E-state index contributed by atoms with van der Waals surface area (Å²) in [6.45, 7) is 5.60. The van der Waals surface area contributed by atoms with Gasteiger partial charge in [0.15, 0.2) is 9.84 Å². The topological polar surface area (TPSA) is 124 Å². The lowest BCUT2D eigenvalue weighted by molar-refractivity contribution is -0.274. The Morgan fingerprint density at radius 2 is 1.77 bits per heavy atom. The lowest BCUT2D eigenvalue weighted by Gasteiger charge is -2.18. The number of alkyl halides is 3. The molecule has 4 rings (SSSR count). The molecule has 0 radical (unpaired) electrons. The smallest absolute Gasteiger partial charge is 0.406 e. The van der Waals surface area contributed by atoms with E-state index in [1.165, 1.54) is 12.4 Å². The Bertz CT molecular complexity index is 1600. The summed E-state index contributed by atoms with van der Waals surface area (Å²) in [6.07, 6.45) is 0.341. The molecule has 0 aliphatic heterocycles. The van der Waals surface area contributed by atoms with Crippen LogP contribution in [-0.4, -0.2) is 46.9 Å². The fourth-order valence-corrected chi connectivity index (χ4v) is 4.29. The molecule has 1 N–H and O–H groups in total. The van der Waals surface area contributed by atoms with Gasteiger partial charge < -0.3 is 10.1 Å². The molecule has 0 unspecified atom stereocenters. The molecule has 0 spiro atoms. The van der Waals surface area contributed by atoms with Crippen LogP contribution in [0.4, 0.5) is 13.2 Å². The third-order valence-corrected chi connectivity index (χ3v) is 6.59. The van der Waals surface area contributed by atoms with E-state index in [2.05, 4.69) is 45.9 Å². The normalized spacial score (nSPS) is 12.3. The van der Waals surface area contributed by atoms with E-state index in [1.807, 2.05) is 13.8 Å². The number of aromatic nitrogens is 4. The second-order valence-corrected chi connectivity index (χ2v) is 10.8. The van der Waals surface area contributed by atoms with E-state index in [0.29, 0.717) is 34.2 Å². The highest BCUT2D eigenvalue weighted by molar-refractivity contribution is 9.10. The summed E-state index contributed by atoms with van der Waals surface area (Å²) in [6, 6.07) is 6.74. The number of pyridine rings is 2. The molecule has 0 aliphatic carbocycles. The highest BCUT2D eigenvalue weighted by Gasteiger charge is 2.32. The van der Waals surface area contributed by atoms with Gasteiger partial charge in [-0.15, -0.1) is 13.2 Å². The van der Waals surface area contributed by atoms with Crippen molar-refractivity contribution in [2.45, 2.75) is 38.1 Å². The summed E-state index contributed by atoms with van der Waals surface area (Å²) in [7, 11) is -3.96. The Morgan fingerprint density at radius 1 is 1.05 bits per heavy atom. The number of carbonyl (C=O) groups is 1. The summed E-state index contributed by atoms with van der Waals surface area (Å²) >= 11 is 3.32. The molecular weight excluding hydrogens is 603 g/mol. The fourth-order valence-electron chi connectivity index (χ4n) is 3.38. The minimum atomic E-state index is -5.08. The molecule has 0 bridgehead atoms. The molecule has 9 nitrogen and oxygen atoms in total. The number of nitrogens with one attached hydrogen (secondary N) is 1. The van der Waals surface area contributed by atoms with Gasteiger partial charge in [-0.05, 0) is 59.3 Å². The number of hydrogen-bond acceptors (Lipinski definition) is 8. The Kier molecular flexibility index (Phi) is 9.22. The first-order valence-electron chi connectivity index (χ1n) is 11.5. The summed E-state index contributed by atoms with van der Waals surface area (Å²) in [5, 5.41) is 2.64. The number of sulfone groups is 1. The summed E-state index contributed by atoms with van der Waals surface area (Å²) < 4.78 is 67.0. The van der Waals surface area contributed by atoms with E-state index in [0.717, 1.165) is 22.9 Å². The zero-order valence-corrected chi connectivity index (χ0v) is 23.5. The Balaban J connectivity index is 0.00000205. The van der Waals surface area contributed by atoms with Crippen LogP contribution in [-0.2, 0) is 9.84 Å². The maximum absolute atomic E-state index is 13.1. The largest absolute Gasteiger partial charge is 0.573 e. The van der Waals surface area contributed by atoms with Crippen molar-refractivity contribution in [3.63, 3.8) is 0 Å². The standard InChI is InChI=1S/C23H17BrF3N5O4S.C2H6/c1-12(30-22(33)13-7-15(36-23(25,26)27)9-16(8-13)37(2,34)35)20-21(18-4-3-14(24)10-29-18)32-19-11-28-6-5-17(19)31-20;1-2/h3-12H,1-2H3,(H,30,33);1-2H3/t12-;/m0./s1. The third-order valence-electron chi connectivity index (χ3n) is 5.03. The molecule has 1 aromatic carbocycles. The molecule has 3 heterocycles. The molecule has 39 heavy (non-hydrogen) atoms.